The monoisotopic (exact) mass is 259 g/mol. The predicted octanol–water partition coefficient (Wildman–Crippen LogP) is 2.06. The van der Waals surface area contributed by atoms with E-state index in [1.165, 1.54) is 0 Å². The van der Waals surface area contributed by atoms with Gasteiger partial charge in [-0.05, 0) is 24.3 Å². The minimum atomic E-state index is 0.566. The van der Waals surface area contributed by atoms with E-state index >= 15 is 0 Å². The zero-order valence-electron chi connectivity index (χ0n) is 7.91. The molecule has 0 spiro atoms. The molecule has 4 heteroatoms. The molecule has 0 saturated carbocycles. The lowest BCUT2D eigenvalue weighted by Crippen LogP contribution is -2.07. The van der Waals surface area contributed by atoms with Gasteiger partial charge in [0.2, 0.25) is 0 Å². The number of benzene rings is 1. The molecule has 0 aliphatic rings. The fourth-order valence-corrected chi connectivity index (χ4v) is 1.17. The number of alkyl halides is 1. The first-order valence-corrected chi connectivity index (χ1v) is 5.57. The molecule has 78 valence electrons. The predicted molar refractivity (Wildman–Crippen MR) is 61.0 cm³/mol. The van der Waals surface area contributed by atoms with Gasteiger partial charge in [-0.2, -0.15) is 0 Å². The molecule has 1 aromatic carbocycles. The third-order valence-corrected chi connectivity index (χ3v) is 1.92. The second-order valence-corrected chi connectivity index (χ2v) is 3.51. The number of nitrogen functional groups attached to an aromatic ring is 1. The van der Waals surface area contributed by atoms with Gasteiger partial charge >= 0.3 is 0 Å². The highest BCUT2D eigenvalue weighted by molar-refractivity contribution is 9.09. The maximum absolute atomic E-state index is 5.54. The Morgan fingerprint density at radius 2 is 1.79 bits per heavy atom. The van der Waals surface area contributed by atoms with Crippen molar-refractivity contribution in [3.63, 3.8) is 0 Å². The van der Waals surface area contributed by atoms with Crippen molar-refractivity contribution >= 4 is 21.6 Å². The highest BCUT2D eigenvalue weighted by Crippen LogP contribution is 2.12. The normalized spacial score (nSPS) is 10.1. The SMILES string of the molecule is Nc1ccc(OCCOCCBr)cc1. The maximum Gasteiger partial charge on any atom is 0.119 e. The molecule has 1 aromatic rings. The van der Waals surface area contributed by atoms with Gasteiger partial charge in [-0.1, -0.05) is 15.9 Å². The van der Waals surface area contributed by atoms with Crippen molar-refractivity contribution in [3.05, 3.63) is 24.3 Å². The van der Waals surface area contributed by atoms with Crippen LogP contribution in [0, 0.1) is 0 Å². The Labute approximate surface area is 92.3 Å². The Kier molecular flexibility index (Phi) is 5.40. The summed E-state index contributed by atoms with van der Waals surface area (Å²) in [5.74, 6) is 0.821. The molecule has 0 atom stereocenters. The summed E-state index contributed by atoms with van der Waals surface area (Å²) in [6, 6.07) is 7.32. The Morgan fingerprint density at radius 1 is 1.07 bits per heavy atom. The van der Waals surface area contributed by atoms with Crippen LogP contribution in [0.15, 0.2) is 24.3 Å². The van der Waals surface area contributed by atoms with Crippen LogP contribution < -0.4 is 10.5 Å². The van der Waals surface area contributed by atoms with Crippen LogP contribution in [-0.2, 0) is 4.74 Å². The summed E-state index contributed by atoms with van der Waals surface area (Å²) in [5, 5.41) is 0.856. The molecule has 0 fully saturated rings. The van der Waals surface area contributed by atoms with Crippen LogP contribution in [0.5, 0.6) is 5.75 Å². The lowest BCUT2D eigenvalue weighted by Gasteiger charge is -2.06. The number of hydrogen-bond donors (Lipinski definition) is 1. The first kappa shape index (κ1) is 11.3. The standard InChI is InChI=1S/C10H14BrNO2/c11-5-6-13-7-8-14-10-3-1-9(12)2-4-10/h1-4H,5-8,12H2. The lowest BCUT2D eigenvalue weighted by atomic mass is 10.3. The van der Waals surface area contributed by atoms with Gasteiger partial charge in [0.15, 0.2) is 0 Å². The molecule has 1 rings (SSSR count). The molecule has 14 heavy (non-hydrogen) atoms. The smallest absolute Gasteiger partial charge is 0.119 e. The van der Waals surface area contributed by atoms with Crippen LogP contribution >= 0.6 is 15.9 Å². The zero-order chi connectivity index (χ0) is 10.2. The third kappa shape index (κ3) is 4.48. The highest BCUT2D eigenvalue weighted by atomic mass is 79.9. The Morgan fingerprint density at radius 3 is 2.43 bits per heavy atom. The van der Waals surface area contributed by atoms with Crippen molar-refractivity contribution in [2.24, 2.45) is 0 Å². The second kappa shape index (κ2) is 6.68. The molecule has 0 saturated heterocycles. The molecule has 3 nitrogen and oxygen atoms in total. The summed E-state index contributed by atoms with van der Waals surface area (Å²) in [5.41, 5.74) is 6.28. The van der Waals surface area contributed by atoms with Crippen molar-refractivity contribution in [1.82, 2.24) is 0 Å². The summed E-state index contributed by atoms with van der Waals surface area (Å²) in [6.07, 6.45) is 0. The molecular weight excluding hydrogens is 246 g/mol. The van der Waals surface area contributed by atoms with Crippen LogP contribution in [0.4, 0.5) is 5.69 Å². The molecule has 0 bridgehead atoms. The van der Waals surface area contributed by atoms with Gasteiger partial charge in [0.1, 0.15) is 12.4 Å². The van der Waals surface area contributed by atoms with Crippen LogP contribution in [0.2, 0.25) is 0 Å². The van der Waals surface area contributed by atoms with Gasteiger partial charge in [-0.25, -0.2) is 0 Å². The summed E-state index contributed by atoms with van der Waals surface area (Å²) >= 11 is 3.27. The molecule has 0 aliphatic heterocycles. The van der Waals surface area contributed by atoms with Crippen LogP contribution in [0.25, 0.3) is 0 Å². The number of rotatable bonds is 6. The van der Waals surface area contributed by atoms with E-state index in [9.17, 15) is 0 Å². The quantitative estimate of drug-likeness (QED) is 0.483. The van der Waals surface area contributed by atoms with Crippen molar-refractivity contribution in [1.29, 1.82) is 0 Å². The van der Waals surface area contributed by atoms with Gasteiger partial charge in [-0.15, -0.1) is 0 Å². The topological polar surface area (TPSA) is 44.5 Å². The van der Waals surface area contributed by atoms with Crippen LogP contribution in [0.1, 0.15) is 0 Å². The Balaban J connectivity index is 2.15. The Hall–Kier alpha value is -0.740. The molecule has 0 amide bonds. The molecule has 0 aliphatic carbocycles. The van der Waals surface area contributed by atoms with E-state index in [1.54, 1.807) is 0 Å². The van der Waals surface area contributed by atoms with Crippen molar-refractivity contribution in [2.75, 3.05) is 30.9 Å². The molecule has 0 heterocycles. The number of nitrogens with two attached hydrogens (primary N) is 1. The largest absolute Gasteiger partial charge is 0.491 e. The number of halogens is 1. The van der Waals surface area contributed by atoms with Gasteiger partial charge < -0.3 is 15.2 Å². The molecule has 0 radical (unpaired) electrons. The molecular formula is C10H14BrNO2. The van der Waals surface area contributed by atoms with E-state index in [-0.39, 0.29) is 0 Å². The van der Waals surface area contributed by atoms with Crippen molar-refractivity contribution in [2.45, 2.75) is 0 Å². The lowest BCUT2D eigenvalue weighted by molar-refractivity contribution is 0.112. The Bertz CT molecular complexity index is 251. The van der Waals surface area contributed by atoms with E-state index in [4.69, 9.17) is 15.2 Å². The van der Waals surface area contributed by atoms with Gasteiger partial charge in [0, 0.05) is 11.0 Å². The summed E-state index contributed by atoms with van der Waals surface area (Å²) < 4.78 is 10.6. The number of hydrogen-bond acceptors (Lipinski definition) is 3. The first-order chi connectivity index (χ1) is 6.83. The average molecular weight is 260 g/mol. The molecule has 2 N–H and O–H groups in total. The van der Waals surface area contributed by atoms with E-state index in [2.05, 4.69) is 15.9 Å². The zero-order valence-corrected chi connectivity index (χ0v) is 9.50. The van der Waals surface area contributed by atoms with Crippen LogP contribution in [-0.4, -0.2) is 25.2 Å². The summed E-state index contributed by atoms with van der Waals surface area (Å²) in [6.45, 7) is 1.89. The third-order valence-electron chi connectivity index (χ3n) is 1.60. The van der Waals surface area contributed by atoms with E-state index in [1.807, 2.05) is 24.3 Å². The number of anilines is 1. The van der Waals surface area contributed by atoms with Crippen molar-refractivity contribution in [3.8, 4) is 5.75 Å². The van der Waals surface area contributed by atoms with E-state index in [0.29, 0.717) is 19.8 Å². The minimum absolute atomic E-state index is 0.566. The fourth-order valence-electron chi connectivity index (χ4n) is 0.939. The van der Waals surface area contributed by atoms with E-state index < -0.39 is 0 Å². The maximum atomic E-state index is 5.54. The molecule has 0 aromatic heterocycles. The first-order valence-electron chi connectivity index (χ1n) is 4.45. The minimum Gasteiger partial charge on any atom is -0.491 e. The summed E-state index contributed by atoms with van der Waals surface area (Å²) in [7, 11) is 0. The van der Waals surface area contributed by atoms with Crippen LogP contribution in [0.3, 0.4) is 0 Å². The van der Waals surface area contributed by atoms with E-state index in [0.717, 1.165) is 16.8 Å². The second-order valence-electron chi connectivity index (χ2n) is 2.72. The molecule has 0 unspecified atom stereocenters. The van der Waals surface area contributed by atoms with Gasteiger partial charge in [0.25, 0.3) is 0 Å². The van der Waals surface area contributed by atoms with Gasteiger partial charge in [-0.3, -0.25) is 0 Å². The highest BCUT2D eigenvalue weighted by Gasteiger charge is 1.92. The van der Waals surface area contributed by atoms with Gasteiger partial charge in [0.05, 0.1) is 13.2 Å². The average Bonchev–Trinajstić information content (AvgIpc) is 2.21. The summed E-state index contributed by atoms with van der Waals surface area (Å²) in [4.78, 5) is 0. The van der Waals surface area contributed by atoms with Crippen molar-refractivity contribution < 1.29 is 9.47 Å². The number of ether oxygens (including phenoxy) is 2. The fraction of sp³-hybridized carbons (Fsp3) is 0.400.